The fourth-order valence-corrected chi connectivity index (χ4v) is 5.90. The van der Waals surface area contributed by atoms with Crippen molar-refractivity contribution >= 4 is 35.1 Å². The average molecular weight is 523 g/mol. The number of halogens is 1. The SMILES string of the molecule is COc1ccc(OCCCN(CCO)CCC(C)C)c(C2SC3=C(C(=O)CC(Cl)=C3)N2C(C)=O)c1. The first kappa shape index (κ1) is 27.6. The molecule has 9 heteroatoms. The number of aliphatic hydroxyl groups is 1. The number of allylic oxidation sites excluding steroid dienone is 3. The summed E-state index contributed by atoms with van der Waals surface area (Å²) in [7, 11) is 1.59. The van der Waals surface area contributed by atoms with E-state index in [9.17, 15) is 14.7 Å². The maximum atomic E-state index is 12.7. The van der Waals surface area contributed by atoms with Gasteiger partial charge < -0.3 is 19.5 Å². The number of aliphatic hydroxyl groups excluding tert-OH is 1. The number of ether oxygens (including phenoxy) is 2. The summed E-state index contributed by atoms with van der Waals surface area (Å²) in [6, 6.07) is 5.53. The van der Waals surface area contributed by atoms with Crippen molar-refractivity contribution in [2.75, 3.05) is 40.0 Å². The van der Waals surface area contributed by atoms with E-state index in [-0.39, 0.29) is 24.7 Å². The maximum Gasteiger partial charge on any atom is 0.225 e. The molecule has 1 aromatic rings. The molecule has 1 aliphatic carbocycles. The van der Waals surface area contributed by atoms with Crippen molar-refractivity contribution in [3.8, 4) is 11.5 Å². The Labute approximate surface area is 217 Å². The van der Waals surface area contributed by atoms with Crippen LogP contribution in [0.3, 0.4) is 0 Å². The second-order valence-corrected chi connectivity index (χ2v) is 10.7. The molecule has 0 spiro atoms. The van der Waals surface area contributed by atoms with Crippen molar-refractivity contribution < 1.29 is 24.2 Å². The Balaban J connectivity index is 1.76. The monoisotopic (exact) mass is 522 g/mol. The van der Waals surface area contributed by atoms with Crippen molar-refractivity contribution in [1.29, 1.82) is 0 Å². The molecule has 0 saturated carbocycles. The molecule has 0 fully saturated rings. The number of hydrogen-bond donors (Lipinski definition) is 1. The number of carbonyl (C=O) groups is 2. The second kappa shape index (κ2) is 12.8. The Hall–Kier alpha value is -2.00. The molecule has 192 valence electrons. The van der Waals surface area contributed by atoms with Gasteiger partial charge in [-0.05, 0) is 49.6 Å². The van der Waals surface area contributed by atoms with Crippen molar-refractivity contribution in [3.05, 3.63) is 45.5 Å². The summed E-state index contributed by atoms with van der Waals surface area (Å²) in [5.74, 6) is 1.52. The van der Waals surface area contributed by atoms with Gasteiger partial charge in [0, 0.05) is 41.9 Å². The third-order valence-electron chi connectivity index (χ3n) is 5.97. The molecule has 1 atom stereocenters. The van der Waals surface area contributed by atoms with E-state index >= 15 is 0 Å². The Morgan fingerprint density at radius 3 is 2.74 bits per heavy atom. The Morgan fingerprint density at radius 2 is 2.09 bits per heavy atom. The number of amides is 1. The molecule has 3 rings (SSSR count). The normalized spacial score (nSPS) is 17.8. The van der Waals surface area contributed by atoms with Gasteiger partial charge in [0.25, 0.3) is 0 Å². The molecule has 7 nitrogen and oxygen atoms in total. The molecule has 1 amide bonds. The summed E-state index contributed by atoms with van der Waals surface area (Å²) in [6.45, 7) is 8.89. The Bertz CT molecular complexity index is 994. The smallest absolute Gasteiger partial charge is 0.225 e. The lowest BCUT2D eigenvalue weighted by Crippen LogP contribution is -2.32. The predicted molar refractivity (Wildman–Crippen MR) is 140 cm³/mol. The van der Waals surface area contributed by atoms with Crippen LogP contribution >= 0.6 is 23.4 Å². The van der Waals surface area contributed by atoms with Crippen LogP contribution in [0.5, 0.6) is 11.5 Å². The lowest BCUT2D eigenvalue weighted by molar-refractivity contribution is -0.130. The highest BCUT2D eigenvalue weighted by atomic mass is 35.5. The van der Waals surface area contributed by atoms with Crippen LogP contribution in [-0.2, 0) is 9.59 Å². The highest BCUT2D eigenvalue weighted by Crippen LogP contribution is 2.53. The molecule has 1 N–H and O–H groups in total. The predicted octanol–water partition coefficient (Wildman–Crippen LogP) is 4.71. The number of benzene rings is 1. The van der Waals surface area contributed by atoms with Crippen molar-refractivity contribution in [1.82, 2.24) is 9.80 Å². The van der Waals surface area contributed by atoms with Crippen molar-refractivity contribution in [2.24, 2.45) is 5.92 Å². The first-order valence-corrected chi connectivity index (χ1v) is 13.2. The van der Waals surface area contributed by atoms with E-state index in [0.717, 1.165) is 31.5 Å². The highest BCUT2D eigenvalue weighted by molar-refractivity contribution is 8.03. The van der Waals surface area contributed by atoms with Crippen LogP contribution in [0.1, 0.15) is 51.0 Å². The third-order valence-corrected chi connectivity index (χ3v) is 7.46. The summed E-state index contributed by atoms with van der Waals surface area (Å²) >= 11 is 7.59. The van der Waals surface area contributed by atoms with Gasteiger partial charge in [-0.1, -0.05) is 37.2 Å². The van der Waals surface area contributed by atoms with Crippen molar-refractivity contribution in [2.45, 2.75) is 45.4 Å². The van der Waals surface area contributed by atoms with Gasteiger partial charge in [0.05, 0.1) is 20.3 Å². The summed E-state index contributed by atoms with van der Waals surface area (Å²) in [5.41, 5.74) is 1.17. The molecule has 1 unspecified atom stereocenters. The maximum absolute atomic E-state index is 12.7. The minimum atomic E-state index is -0.456. The standard InChI is InChI=1S/C26H35ClN2O5S/c1-17(2)8-10-28(11-12-30)9-5-13-34-23-7-6-20(33-4)16-21(23)26-29(18(3)31)25-22(32)14-19(27)15-24(25)35-26/h6-7,15-17,26,30H,5,8-14H2,1-4H3. The number of Topliss-reactive ketones (excluding diaryl/α,β-unsaturated/α-hetero) is 1. The van der Waals surface area contributed by atoms with Crippen LogP contribution in [-0.4, -0.2) is 66.6 Å². The van der Waals surface area contributed by atoms with Gasteiger partial charge in [0.1, 0.15) is 22.6 Å². The zero-order valence-electron chi connectivity index (χ0n) is 20.9. The van der Waals surface area contributed by atoms with Crippen LogP contribution in [0.4, 0.5) is 0 Å². The first-order chi connectivity index (χ1) is 16.7. The topological polar surface area (TPSA) is 79.3 Å². The molecule has 35 heavy (non-hydrogen) atoms. The quantitative estimate of drug-likeness (QED) is 0.398. The first-order valence-electron chi connectivity index (χ1n) is 12.0. The lowest BCUT2D eigenvalue weighted by atomic mass is 10.1. The molecular weight excluding hydrogens is 488 g/mol. The fourth-order valence-electron chi connectivity index (χ4n) is 4.16. The number of carbonyl (C=O) groups excluding carboxylic acids is 2. The van der Waals surface area contributed by atoms with Crippen LogP contribution in [0, 0.1) is 5.92 Å². The van der Waals surface area contributed by atoms with E-state index in [1.165, 1.54) is 18.7 Å². The van der Waals surface area contributed by atoms with Crippen LogP contribution in [0.2, 0.25) is 0 Å². The van der Waals surface area contributed by atoms with E-state index in [2.05, 4.69) is 18.7 Å². The Morgan fingerprint density at radius 1 is 1.31 bits per heavy atom. The van der Waals surface area contributed by atoms with Gasteiger partial charge in [-0.25, -0.2) is 0 Å². The van der Waals surface area contributed by atoms with Crippen LogP contribution in [0.15, 0.2) is 39.9 Å². The Kier molecular flexibility index (Phi) is 10.1. The van der Waals surface area contributed by atoms with Gasteiger partial charge in [0.15, 0.2) is 5.78 Å². The van der Waals surface area contributed by atoms with Gasteiger partial charge in [-0.2, -0.15) is 0 Å². The van der Waals surface area contributed by atoms with Crippen molar-refractivity contribution in [3.63, 3.8) is 0 Å². The molecule has 1 aromatic carbocycles. The molecular formula is C26H35ClN2O5S. The van der Waals surface area contributed by atoms with Gasteiger partial charge in [-0.15, -0.1) is 0 Å². The minimum absolute atomic E-state index is 0.0973. The number of methoxy groups -OCH3 is 1. The average Bonchev–Trinajstić information content (AvgIpc) is 3.20. The van der Waals surface area contributed by atoms with E-state index in [4.69, 9.17) is 21.1 Å². The number of hydrogen-bond acceptors (Lipinski definition) is 7. The number of nitrogens with zero attached hydrogens (tertiary/aromatic N) is 2. The minimum Gasteiger partial charge on any atom is -0.497 e. The molecule has 0 saturated heterocycles. The summed E-state index contributed by atoms with van der Waals surface area (Å²) in [5, 5.41) is 9.39. The zero-order valence-corrected chi connectivity index (χ0v) is 22.5. The number of ketones is 1. The van der Waals surface area contributed by atoms with Crippen LogP contribution in [0.25, 0.3) is 0 Å². The second-order valence-electron chi connectivity index (χ2n) is 9.12. The molecule has 0 radical (unpaired) electrons. The molecule has 1 aliphatic heterocycles. The molecule has 0 bridgehead atoms. The fraction of sp³-hybridized carbons (Fsp3) is 0.538. The molecule has 1 heterocycles. The van der Waals surface area contributed by atoms with Gasteiger partial charge in [-0.3, -0.25) is 14.5 Å². The summed E-state index contributed by atoms with van der Waals surface area (Å²) in [6.07, 6.45) is 3.74. The summed E-state index contributed by atoms with van der Waals surface area (Å²) < 4.78 is 11.6. The van der Waals surface area contributed by atoms with Gasteiger partial charge in [0.2, 0.25) is 5.91 Å². The lowest BCUT2D eigenvalue weighted by Gasteiger charge is -2.27. The highest BCUT2D eigenvalue weighted by Gasteiger charge is 2.41. The largest absolute Gasteiger partial charge is 0.497 e. The van der Waals surface area contributed by atoms with E-state index in [1.807, 2.05) is 18.2 Å². The number of thioether (sulfide) groups is 1. The van der Waals surface area contributed by atoms with E-state index in [0.29, 0.717) is 46.2 Å². The zero-order chi connectivity index (χ0) is 25.5. The van der Waals surface area contributed by atoms with Crippen LogP contribution < -0.4 is 9.47 Å². The summed E-state index contributed by atoms with van der Waals surface area (Å²) in [4.78, 5) is 29.9. The molecule has 0 aromatic heterocycles. The van der Waals surface area contributed by atoms with E-state index < -0.39 is 5.37 Å². The van der Waals surface area contributed by atoms with Gasteiger partial charge >= 0.3 is 0 Å². The molecule has 2 aliphatic rings. The third kappa shape index (κ3) is 7.03. The number of rotatable bonds is 12. The van der Waals surface area contributed by atoms with E-state index in [1.54, 1.807) is 18.1 Å².